The van der Waals surface area contributed by atoms with Crippen LogP contribution in [0.1, 0.15) is 18.4 Å². The molecule has 0 radical (unpaired) electrons. The molecule has 2 rings (SSSR count). The van der Waals surface area contributed by atoms with Crippen LogP contribution in [0.3, 0.4) is 0 Å². The maximum Gasteiger partial charge on any atom is 0.420 e. The molecule has 1 heterocycles. The monoisotopic (exact) mass is 437 g/mol. The lowest BCUT2D eigenvalue weighted by Gasteiger charge is -2.32. The molecule has 1 aromatic carbocycles. The zero-order valence-corrected chi connectivity index (χ0v) is 14.3. The number of benzene rings is 1. The van der Waals surface area contributed by atoms with Crippen molar-refractivity contribution >= 4 is 28.7 Å². The van der Waals surface area contributed by atoms with E-state index in [2.05, 4.69) is 0 Å². The quantitative estimate of drug-likeness (QED) is 0.295. The highest BCUT2D eigenvalue weighted by molar-refractivity contribution is 6.25. The van der Waals surface area contributed by atoms with Crippen LogP contribution < -0.4 is 5.06 Å². The summed E-state index contributed by atoms with van der Waals surface area (Å²) in [7, 11) is 0. The van der Waals surface area contributed by atoms with Gasteiger partial charge >= 0.3 is 23.7 Å². The second kappa shape index (κ2) is 7.24. The minimum Gasteiger partial charge on any atom is -0.273 e. The first-order chi connectivity index (χ1) is 12.7. The van der Waals surface area contributed by atoms with E-state index in [-0.39, 0.29) is 25.3 Å². The lowest BCUT2D eigenvalue weighted by molar-refractivity contribution is -0.393. The van der Waals surface area contributed by atoms with Gasteiger partial charge in [0.2, 0.25) is 5.69 Å². The van der Waals surface area contributed by atoms with Crippen molar-refractivity contribution < 1.29 is 41.0 Å². The third-order valence-electron chi connectivity index (χ3n) is 3.89. The predicted octanol–water partition coefficient (Wildman–Crippen LogP) is 4.59. The molecule has 1 aromatic rings. The van der Waals surface area contributed by atoms with Gasteiger partial charge in [-0.25, -0.2) is 5.06 Å². The number of nitro groups is 2. The van der Waals surface area contributed by atoms with Crippen LogP contribution in [0.2, 0.25) is 0 Å². The smallest absolute Gasteiger partial charge is 0.273 e. The average molecular weight is 438 g/mol. The number of nitrogens with zero attached hydrogens (tertiary/aromatic N) is 3. The predicted molar refractivity (Wildman–Crippen MR) is 81.9 cm³/mol. The van der Waals surface area contributed by atoms with Crippen LogP contribution in [0.25, 0.3) is 0 Å². The molecule has 8 nitrogen and oxygen atoms in total. The topological polar surface area (TPSA) is 98.8 Å². The Morgan fingerprint density at radius 3 is 1.75 bits per heavy atom. The van der Waals surface area contributed by atoms with Gasteiger partial charge in [0, 0.05) is 24.2 Å². The average Bonchev–Trinajstić information content (AvgIpc) is 2.58. The Morgan fingerprint density at radius 1 is 0.964 bits per heavy atom. The number of rotatable bonds is 4. The van der Waals surface area contributed by atoms with Crippen LogP contribution in [0.4, 0.5) is 43.4 Å². The minimum atomic E-state index is -6.16. The van der Waals surface area contributed by atoms with Gasteiger partial charge in [-0.15, -0.1) is 0 Å². The summed E-state index contributed by atoms with van der Waals surface area (Å²) in [4.78, 5) is 19.9. The van der Waals surface area contributed by atoms with Gasteiger partial charge in [-0.2, -0.15) is 26.3 Å². The van der Waals surface area contributed by atoms with Crippen LogP contribution >= 0.6 is 11.6 Å². The first-order valence-electron chi connectivity index (χ1n) is 7.42. The molecule has 156 valence electrons. The van der Waals surface area contributed by atoms with Crippen LogP contribution in [-0.2, 0) is 9.71 Å². The molecule has 28 heavy (non-hydrogen) atoms. The number of alkyl halides is 7. The number of nitro benzene ring substituents is 2. The lowest BCUT2D eigenvalue weighted by Crippen LogP contribution is -2.49. The van der Waals surface area contributed by atoms with Crippen molar-refractivity contribution in [1.29, 1.82) is 0 Å². The highest BCUT2D eigenvalue weighted by Gasteiger charge is 2.71. The van der Waals surface area contributed by atoms with Gasteiger partial charge < -0.3 is 0 Å². The highest BCUT2D eigenvalue weighted by atomic mass is 35.5. The van der Waals surface area contributed by atoms with Gasteiger partial charge in [0.05, 0.1) is 16.5 Å². The maximum absolute atomic E-state index is 13.2. The number of anilines is 1. The van der Waals surface area contributed by atoms with Gasteiger partial charge in [0.15, 0.2) is 0 Å². The van der Waals surface area contributed by atoms with Gasteiger partial charge in [-0.3, -0.25) is 25.1 Å². The third-order valence-corrected chi connectivity index (χ3v) is 4.54. The molecule has 0 N–H and O–H groups in total. The Kier molecular flexibility index (Phi) is 5.67. The second-order valence-corrected chi connectivity index (χ2v) is 6.24. The zero-order chi connectivity index (χ0) is 21.5. The van der Waals surface area contributed by atoms with E-state index in [1.165, 1.54) is 0 Å². The van der Waals surface area contributed by atoms with E-state index in [9.17, 15) is 46.6 Å². The van der Waals surface area contributed by atoms with Crippen molar-refractivity contribution in [3.05, 3.63) is 37.9 Å². The van der Waals surface area contributed by atoms with Crippen LogP contribution in [0.5, 0.6) is 0 Å². The fraction of sp³-hybridized carbons (Fsp3) is 0.538. The molecule has 0 bridgehead atoms. The molecule has 1 saturated heterocycles. The van der Waals surface area contributed by atoms with E-state index in [0.717, 1.165) is 0 Å². The summed E-state index contributed by atoms with van der Waals surface area (Å²) < 4.78 is 79.1. The van der Waals surface area contributed by atoms with Gasteiger partial charge in [-0.1, -0.05) is 11.6 Å². The third kappa shape index (κ3) is 3.65. The summed E-state index contributed by atoms with van der Waals surface area (Å²) in [6, 6.07) is -0.150. The molecular weight excluding hydrogens is 428 g/mol. The Balaban J connectivity index is 2.85. The Morgan fingerprint density at radius 2 is 1.43 bits per heavy atom. The SMILES string of the molecule is O=[N+]([O-])c1cc(C(Cl)(C(F)(F)F)C(F)(F)F)cc([N+](=O)[O-])c1N1CCCCO1. The summed E-state index contributed by atoms with van der Waals surface area (Å²) >= 11 is 4.87. The van der Waals surface area contributed by atoms with Crippen molar-refractivity contribution in [2.75, 3.05) is 18.2 Å². The largest absolute Gasteiger partial charge is 0.420 e. The van der Waals surface area contributed by atoms with Crippen molar-refractivity contribution in [3.63, 3.8) is 0 Å². The van der Waals surface area contributed by atoms with Crippen molar-refractivity contribution in [1.82, 2.24) is 0 Å². The van der Waals surface area contributed by atoms with Crippen molar-refractivity contribution in [2.45, 2.75) is 30.1 Å². The van der Waals surface area contributed by atoms with Crippen LogP contribution in [-0.4, -0.2) is 35.4 Å². The van der Waals surface area contributed by atoms with Gasteiger partial charge in [-0.05, 0) is 12.8 Å². The number of hydrogen-bond donors (Lipinski definition) is 0. The maximum atomic E-state index is 13.2. The lowest BCUT2D eigenvalue weighted by atomic mass is 9.94. The number of halogens is 7. The highest BCUT2D eigenvalue weighted by Crippen LogP contribution is 2.57. The molecule has 0 unspecified atom stereocenters. The second-order valence-electron chi connectivity index (χ2n) is 5.67. The van der Waals surface area contributed by atoms with Crippen LogP contribution in [0.15, 0.2) is 12.1 Å². The van der Waals surface area contributed by atoms with E-state index in [1.807, 2.05) is 0 Å². The molecule has 0 atom stereocenters. The Bertz CT molecular complexity index is 745. The first-order valence-corrected chi connectivity index (χ1v) is 7.79. The molecule has 0 saturated carbocycles. The summed E-state index contributed by atoms with van der Waals surface area (Å²) in [6.07, 6.45) is -11.4. The minimum absolute atomic E-state index is 0.000601. The molecule has 15 heteroatoms. The molecule has 1 fully saturated rings. The van der Waals surface area contributed by atoms with Crippen molar-refractivity contribution in [2.24, 2.45) is 0 Å². The molecule has 0 aromatic heterocycles. The van der Waals surface area contributed by atoms with Crippen LogP contribution in [0, 0.1) is 20.2 Å². The first kappa shape index (κ1) is 21.9. The molecule has 0 spiro atoms. The molecule has 0 amide bonds. The molecule has 1 aliphatic heterocycles. The molecule has 0 aliphatic carbocycles. The van der Waals surface area contributed by atoms with Gasteiger partial charge in [0.25, 0.3) is 4.87 Å². The summed E-state index contributed by atoms with van der Waals surface area (Å²) in [5, 5.41) is 23.3. The zero-order valence-electron chi connectivity index (χ0n) is 13.5. The normalized spacial score (nSPS) is 16.2. The van der Waals surface area contributed by atoms with Crippen molar-refractivity contribution in [3.8, 4) is 0 Å². The molecular formula is C13H10ClF6N3O5. The number of hydroxylamine groups is 1. The fourth-order valence-electron chi connectivity index (χ4n) is 2.60. The van der Waals surface area contributed by atoms with E-state index >= 15 is 0 Å². The number of hydrogen-bond acceptors (Lipinski definition) is 6. The fourth-order valence-corrected chi connectivity index (χ4v) is 2.71. The summed E-state index contributed by atoms with van der Waals surface area (Å²) in [6.45, 7) is -0.0911. The van der Waals surface area contributed by atoms with E-state index in [4.69, 9.17) is 16.4 Å². The van der Waals surface area contributed by atoms with Gasteiger partial charge in [0.1, 0.15) is 0 Å². The van der Waals surface area contributed by atoms with E-state index in [1.54, 1.807) is 0 Å². The standard InChI is InChI=1S/C13H10ClF6N3O5/c14-11(12(15,16)17,13(18,19)20)7-5-8(22(24)25)10(9(6-7)23(26)27)21-3-1-2-4-28-21/h5-6H,1-4H2. The summed E-state index contributed by atoms with van der Waals surface area (Å²) in [5.74, 6) is 0. The van der Waals surface area contributed by atoms with E-state index in [0.29, 0.717) is 17.9 Å². The van der Waals surface area contributed by atoms with E-state index < -0.39 is 49.7 Å². The summed E-state index contributed by atoms with van der Waals surface area (Å²) in [5.41, 5.74) is -5.50. The Hall–Kier alpha value is -2.35. The molecule has 1 aliphatic rings. The Labute approximate surface area is 156 Å².